The summed E-state index contributed by atoms with van der Waals surface area (Å²) in [6.07, 6.45) is 10.4. The molecule has 0 aromatic carbocycles. The average molecular weight is 337 g/mol. The second-order valence-corrected chi connectivity index (χ2v) is 6.65. The minimum absolute atomic E-state index is 0.0317. The van der Waals surface area contributed by atoms with Gasteiger partial charge in [-0.3, -0.25) is 14.6 Å². The first-order valence-electron chi connectivity index (χ1n) is 8.46. The summed E-state index contributed by atoms with van der Waals surface area (Å²) < 4.78 is 0. The predicted octanol–water partition coefficient (Wildman–Crippen LogP) is 1.53. The van der Waals surface area contributed by atoms with Crippen molar-refractivity contribution in [3.05, 3.63) is 48.8 Å². The van der Waals surface area contributed by atoms with Gasteiger partial charge in [0.15, 0.2) is 0 Å². The van der Waals surface area contributed by atoms with E-state index in [2.05, 4.69) is 15.0 Å². The van der Waals surface area contributed by atoms with Crippen LogP contribution in [-0.4, -0.2) is 51.3 Å². The number of piperidine rings is 1. The molecule has 1 unspecified atom stereocenters. The predicted molar refractivity (Wildman–Crippen MR) is 90.8 cm³/mol. The molecule has 2 aromatic heterocycles. The maximum absolute atomic E-state index is 13.1. The Labute approximate surface area is 145 Å². The van der Waals surface area contributed by atoms with Crippen LogP contribution in [0.4, 0.5) is 5.69 Å². The van der Waals surface area contributed by atoms with E-state index in [4.69, 9.17) is 0 Å². The topological polar surface area (TPSA) is 79.3 Å². The van der Waals surface area contributed by atoms with Crippen molar-refractivity contribution in [2.75, 3.05) is 24.5 Å². The van der Waals surface area contributed by atoms with E-state index in [1.54, 1.807) is 41.8 Å². The molecule has 2 aliphatic heterocycles. The minimum Gasteiger partial charge on any atom is -0.338 e. The summed E-state index contributed by atoms with van der Waals surface area (Å²) in [6.45, 7) is 1.80. The normalized spacial score (nSPS) is 23.3. The molecule has 7 heteroatoms. The molecule has 25 heavy (non-hydrogen) atoms. The van der Waals surface area contributed by atoms with Crippen molar-refractivity contribution < 1.29 is 9.59 Å². The zero-order valence-electron chi connectivity index (χ0n) is 13.8. The van der Waals surface area contributed by atoms with Gasteiger partial charge in [-0.25, -0.2) is 9.97 Å². The molecule has 1 spiro atoms. The molecule has 7 nitrogen and oxygen atoms in total. The number of aromatic nitrogens is 3. The molecule has 0 aliphatic carbocycles. The number of amides is 2. The third-order valence-corrected chi connectivity index (χ3v) is 5.16. The number of hydrogen-bond donors (Lipinski definition) is 0. The Morgan fingerprint density at radius 1 is 1.04 bits per heavy atom. The summed E-state index contributed by atoms with van der Waals surface area (Å²) in [5, 5.41) is 0. The molecule has 2 amide bonds. The minimum atomic E-state index is -0.489. The van der Waals surface area contributed by atoms with Crippen molar-refractivity contribution in [2.24, 2.45) is 5.41 Å². The van der Waals surface area contributed by atoms with Crippen molar-refractivity contribution in [3.63, 3.8) is 0 Å². The molecule has 0 saturated carbocycles. The van der Waals surface area contributed by atoms with Crippen LogP contribution in [0, 0.1) is 5.41 Å². The largest absolute Gasteiger partial charge is 0.338 e. The van der Waals surface area contributed by atoms with E-state index in [-0.39, 0.29) is 11.8 Å². The molecule has 0 bridgehead atoms. The highest BCUT2D eigenvalue weighted by Gasteiger charge is 2.50. The van der Waals surface area contributed by atoms with Gasteiger partial charge in [0.2, 0.25) is 5.91 Å². The summed E-state index contributed by atoms with van der Waals surface area (Å²) in [5.41, 5.74) is 0.851. The Morgan fingerprint density at radius 3 is 2.56 bits per heavy atom. The third kappa shape index (κ3) is 2.75. The van der Waals surface area contributed by atoms with E-state index < -0.39 is 5.41 Å². The molecule has 2 aliphatic rings. The van der Waals surface area contributed by atoms with E-state index >= 15 is 0 Å². The molecule has 2 aromatic rings. The van der Waals surface area contributed by atoms with Crippen molar-refractivity contribution in [1.82, 2.24) is 19.9 Å². The van der Waals surface area contributed by atoms with E-state index in [0.717, 1.165) is 24.9 Å². The number of likely N-dealkylation sites (tertiary alicyclic amines) is 1. The van der Waals surface area contributed by atoms with Crippen LogP contribution in [0.2, 0.25) is 0 Å². The number of carbonyl (C=O) groups excluding carboxylic acids is 2. The van der Waals surface area contributed by atoms with Crippen molar-refractivity contribution in [1.29, 1.82) is 0 Å². The SMILES string of the molecule is O=C(c1ccncc1)N1CCCC2(CCN(c3cncnc3)C2=O)C1. The Bertz CT molecular complexity index is 783. The highest BCUT2D eigenvalue weighted by molar-refractivity contribution is 6.01. The summed E-state index contributed by atoms with van der Waals surface area (Å²) in [4.78, 5) is 41.4. The van der Waals surface area contributed by atoms with Gasteiger partial charge in [-0.05, 0) is 31.4 Å². The molecule has 2 fully saturated rings. The Hall–Kier alpha value is -2.83. The fourth-order valence-electron chi connectivity index (χ4n) is 3.86. The van der Waals surface area contributed by atoms with Crippen LogP contribution >= 0.6 is 0 Å². The van der Waals surface area contributed by atoms with Crippen molar-refractivity contribution >= 4 is 17.5 Å². The first-order valence-corrected chi connectivity index (χ1v) is 8.46. The Balaban J connectivity index is 1.55. The summed E-state index contributed by atoms with van der Waals surface area (Å²) in [6, 6.07) is 3.43. The summed E-state index contributed by atoms with van der Waals surface area (Å²) in [7, 11) is 0. The Kier molecular flexibility index (Phi) is 3.91. The van der Waals surface area contributed by atoms with Gasteiger partial charge in [-0.15, -0.1) is 0 Å². The van der Waals surface area contributed by atoms with Crippen LogP contribution in [0.3, 0.4) is 0 Å². The number of anilines is 1. The molecule has 2 saturated heterocycles. The second kappa shape index (κ2) is 6.23. The number of rotatable bonds is 2. The van der Waals surface area contributed by atoms with Gasteiger partial charge in [0.1, 0.15) is 6.33 Å². The molecule has 128 valence electrons. The lowest BCUT2D eigenvalue weighted by atomic mass is 9.78. The first kappa shape index (κ1) is 15.7. The van der Waals surface area contributed by atoms with Crippen LogP contribution in [0.25, 0.3) is 0 Å². The maximum Gasteiger partial charge on any atom is 0.253 e. The first-order chi connectivity index (χ1) is 12.2. The van der Waals surface area contributed by atoms with Crippen LogP contribution in [0.15, 0.2) is 43.2 Å². The monoisotopic (exact) mass is 337 g/mol. The van der Waals surface area contributed by atoms with Crippen LogP contribution in [0.5, 0.6) is 0 Å². The lowest BCUT2D eigenvalue weighted by molar-refractivity contribution is -0.127. The number of nitrogens with zero attached hydrogens (tertiary/aromatic N) is 5. The van der Waals surface area contributed by atoms with Gasteiger partial charge in [-0.2, -0.15) is 0 Å². The lowest BCUT2D eigenvalue weighted by Crippen LogP contribution is -2.50. The molecular weight excluding hydrogens is 318 g/mol. The quantitative estimate of drug-likeness (QED) is 0.830. The van der Waals surface area contributed by atoms with Gasteiger partial charge in [0, 0.05) is 37.6 Å². The van der Waals surface area contributed by atoms with E-state index in [1.165, 1.54) is 6.33 Å². The van der Waals surface area contributed by atoms with Gasteiger partial charge in [-0.1, -0.05) is 0 Å². The highest BCUT2D eigenvalue weighted by atomic mass is 16.2. The van der Waals surface area contributed by atoms with Crippen molar-refractivity contribution in [3.8, 4) is 0 Å². The van der Waals surface area contributed by atoms with Gasteiger partial charge in [0.05, 0.1) is 23.5 Å². The van der Waals surface area contributed by atoms with Gasteiger partial charge >= 0.3 is 0 Å². The van der Waals surface area contributed by atoms with Crippen molar-refractivity contribution in [2.45, 2.75) is 19.3 Å². The van der Waals surface area contributed by atoms with Crippen LogP contribution in [0.1, 0.15) is 29.6 Å². The fourth-order valence-corrected chi connectivity index (χ4v) is 3.86. The van der Waals surface area contributed by atoms with Gasteiger partial charge < -0.3 is 9.80 Å². The lowest BCUT2D eigenvalue weighted by Gasteiger charge is -2.39. The highest BCUT2D eigenvalue weighted by Crippen LogP contribution is 2.41. The average Bonchev–Trinajstić information content (AvgIpc) is 2.98. The van der Waals surface area contributed by atoms with Gasteiger partial charge in [0.25, 0.3) is 5.91 Å². The third-order valence-electron chi connectivity index (χ3n) is 5.16. The zero-order valence-corrected chi connectivity index (χ0v) is 13.8. The zero-order chi connectivity index (χ0) is 17.3. The van der Waals surface area contributed by atoms with E-state index in [1.807, 2.05) is 4.90 Å². The number of hydrogen-bond acceptors (Lipinski definition) is 5. The Morgan fingerprint density at radius 2 is 1.80 bits per heavy atom. The molecule has 1 atom stereocenters. The fraction of sp³-hybridized carbons (Fsp3) is 0.389. The number of carbonyl (C=O) groups is 2. The molecule has 4 rings (SSSR count). The smallest absolute Gasteiger partial charge is 0.253 e. The number of pyridine rings is 1. The van der Waals surface area contributed by atoms with E-state index in [0.29, 0.717) is 25.2 Å². The standard InChI is InChI=1S/C18H19N5O2/c24-16(14-2-6-19-7-3-14)22-8-1-4-18(12-22)5-9-23(17(18)25)15-10-20-13-21-11-15/h2-3,6-7,10-11,13H,1,4-5,8-9,12H2. The molecule has 4 heterocycles. The summed E-state index contributed by atoms with van der Waals surface area (Å²) >= 11 is 0. The summed E-state index contributed by atoms with van der Waals surface area (Å²) in [5.74, 6) is 0.0466. The molecular formula is C18H19N5O2. The molecule has 0 N–H and O–H groups in total. The second-order valence-electron chi connectivity index (χ2n) is 6.65. The van der Waals surface area contributed by atoms with Crippen LogP contribution in [-0.2, 0) is 4.79 Å². The van der Waals surface area contributed by atoms with E-state index in [9.17, 15) is 9.59 Å². The maximum atomic E-state index is 13.1. The molecule has 0 radical (unpaired) electrons. The van der Waals surface area contributed by atoms with Crippen LogP contribution < -0.4 is 4.90 Å².